The number of aromatic nitrogens is 2. The van der Waals surface area contributed by atoms with Crippen LogP contribution in [0.2, 0.25) is 0 Å². The molecule has 0 fully saturated rings. The first-order valence-corrected chi connectivity index (χ1v) is 7.00. The van der Waals surface area contributed by atoms with Crippen molar-refractivity contribution >= 4 is 0 Å². The summed E-state index contributed by atoms with van der Waals surface area (Å²) in [6.45, 7) is 7.46. The van der Waals surface area contributed by atoms with E-state index in [1.54, 1.807) is 13.3 Å². The van der Waals surface area contributed by atoms with Crippen LogP contribution in [-0.2, 0) is 6.54 Å². The Labute approximate surface area is 111 Å². The van der Waals surface area contributed by atoms with Gasteiger partial charge in [-0.25, -0.2) is 0 Å². The summed E-state index contributed by atoms with van der Waals surface area (Å²) in [5, 5.41) is 4.37. The van der Waals surface area contributed by atoms with E-state index in [9.17, 15) is 0 Å². The van der Waals surface area contributed by atoms with Gasteiger partial charge in [0, 0.05) is 6.54 Å². The van der Waals surface area contributed by atoms with Crippen LogP contribution in [0.1, 0.15) is 58.2 Å². The first kappa shape index (κ1) is 15.0. The van der Waals surface area contributed by atoms with Crippen molar-refractivity contribution in [2.75, 3.05) is 7.11 Å². The maximum atomic E-state index is 6.39. The Morgan fingerprint density at radius 1 is 1.39 bits per heavy atom. The Kier molecular flexibility index (Phi) is 6.19. The molecular formula is C14H27N3O. The van der Waals surface area contributed by atoms with Crippen LogP contribution in [0.25, 0.3) is 0 Å². The summed E-state index contributed by atoms with van der Waals surface area (Å²) in [5.41, 5.74) is 7.43. The Bertz CT molecular complexity index is 349. The molecule has 2 N–H and O–H groups in total. The Hall–Kier alpha value is -1.03. The molecule has 1 rings (SSSR count). The lowest BCUT2D eigenvalue weighted by Crippen LogP contribution is -2.23. The lowest BCUT2D eigenvalue weighted by molar-refractivity contribution is 0.364. The maximum absolute atomic E-state index is 6.39. The third-order valence-electron chi connectivity index (χ3n) is 3.44. The second kappa shape index (κ2) is 7.41. The van der Waals surface area contributed by atoms with E-state index in [2.05, 4.69) is 25.9 Å². The van der Waals surface area contributed by atoms with Gasteiger partial charge in [-0.05, 0) is 18.8 Å². The van der Waals surface area contributed by atoms with E-state index in [0.717, 1.165) is 30.8 Å². The van der Waals surface area contributed by atoms with Crippen molar-refractivity contribution in [1.82, 2.24) is 9.78 Å². The quantitative estimate of drug-likeness (QED) is 0.774. The summed E-state index contributed by atoms with van der Waals surface area (Å²) in [6.07, 6.45) is 6.41. The molecule has 1 aromatic heterocycles. The second-order valence-corrected chi connectivity index (χ2v) is 4.97. The van der Waals surface area contributed by atoms with Crippen molar-refractivity contribution < 1.29 is 4.74 Å². The number of rotatable bonds is 8. The zero-order valence-electron chi connectivity index (χ0n) is 12.1. The molecule has 18 heavy (non-hydrogen) atoms. The van der Waals surface area contributed by atoms with E-state index in [-0.39, 0.29) is 6.04 Å². The zero-order chi connectivity index (χ0) is 13.5. The van der Waals surface area contributed by atoms with Crippen LogP contribution in [0.15, 0.2) is 6.20 Å². The van der Waals surface area contributed by atoms with Crippen molar-refractivity contribution in [3.8, 4) is 5.75 Å². The molecule has 4 nitrogen and oxygen atoms in total. The van der Waals surface area contributed by atoms with E-state index in [4.69, 9.17) is 10.5 Å². The molecule has 0 radical (unpaired) electrons. The SMILES string of the molecule is CCCCC(C)C(N)c1c(OC)cnn1CCC. The highest BCUT2D eigenvalue weighted by molar-refractivity contribution is 5.28. The predicted octanol–water partition coefficient (Wildman–Crippen LogP) is 3.13. The molecule has 0 saturated carbocycles. The van der Waals surface area contributed by atoms with E-state index >= 15 is 0 Å². The number of hydrogen-bond donors (Lipinski definition) is 1. The molecule has 1 aromatic rings. The summed E-state index contributed by atoms with van der Waals surface area (Å²) in [6, 6.07) is 0.000509. The fourth-order valence-corrected chi connectivity index (χ4v) is 2.24. The number of nitrogens with zero attached hydrogens (tertiary/aromatic N) is 2. The van der Waals surface area contributed by atoms with Gasteiger partial charge in [0.2, 0.25) is 0 Å². The van der Waals surface area contributed by atoms with Crippen molar-refractivity contribution in [2.24, 2.45) is 11.7 Å². The number of unbranched alkanes of at least 4 members (excludes halogenated alkanes) is 1. The van der Waals surface area contributed by atoms with Crippen LogP contribution >= 0.6 is 0 Å². The van der Waals surface area contributed by atoms with Crippen molar-refractivity contribution in [3.63, 3.8) is 0 Å². The van der Waals surface area contributed by atoms with Gasteiger partial charge in [-0.3, -0.25) is 4.68 Å². The van der Waals surface area contributed by atoms with Gasteiger partial charge in [-0.15, -0.1) is 0 Å². The molecule has 0 aliphatic rings. The van der Waals surface area contributed by atoms with Gasteiger partial charge in [-0.2, -0.15) is 5.10 Å². The third-order valence-corrected chi connectivity index (χ3v) is 3.44. The van der Waals surface area contributed by atoms with Gasteiger partial charge in [0.05, 0.1) is 25.0 Å². The number of aryl methyl sites for hydroxylation is 1. The van der Waals surface area contributed by atoms with Crippen LogP contribution < -0.4 is 10.5 Å². The molecule has 0 spiro atoms. The van der Waals surface area contributed by atoms with Gasteiger partial charge < -0.3 is 10.5 Å². The Morgan fingerprint density at radius 3 is 2.67 bits per heavy atom. The first-order valence-electron chi connectivity index (χ1n) is 7.00. The van der Waals surface area contributed by atoms with Crippen LogP contribution in [0.3, 0.4) is 0 Å². The van der Waals surface area contributed by atoms with Gasteiger partial charge in [0.15, 0.2) is 5.75 Å². The maximum Gasteiger partial charge on any atom is 0.161 e. The number of ether oxygens (including phenoxy) is 1. The Morgan fingerprint density at radius 2 is 2.11 bits per heavy atom. The van der Waals surface area contributed by atoms with E-state index in [0.29, 0.717) is 5.92 Å². The normalized spacial score (nSPS) is 14.5. The molecule has 0 aliphatic heterocycles. The summed E-state index contributed by atoms with van der Waals surface area (Å²) >= 11 is 0. The van der Waals surface area contributed by atoms with Crippen molar-refractivity contribution in [1.29, 1.82) is 0 Å². The van der Waals surface area contributed by atoms with Gasteiger partial charge in [0.25, 0.3) is 0 Å². The standard InChI is InChI=1S/C14H27N3O/c1-5-7-8-11(3)13(15)14-12(18-4)10-16-17(14)9-6-2/h10-11,13H,5-9,15H2,1-4H3. The number of methoxy groups -OCH3 is 1. The average molecular weight is 253 g/mol. The molecule has 0 aliphatic carbocycles. The van der Waals surface area contributed by atoms with Crippen molar-refractivity contribution in [2.45, 2.75) is 59.0 Å². The third kappa shape index (κ3) is 3.48. The summed E-state index contributed by atoms with van der Waals surface area (Å²) in [5.74, 6) is 1.27. The lowest BCUT2D eigenvalue weighted by atomic mass is 9.94. The fraction of sp³-hybridized carbons (Fsp3) is 0.786. The largest absolute Gasteiger partial charge is 0.493 e. The van der Waals surface area contributed by atoms with E-state index in [1.807, 2.05) is 4.68 Å². The topological polar surface area (TPSA) is 53.1 Å². The molecule has 0 aromatic carbocycles. The van der Waals surface area contributed by atoms with Gasteiger partial charge >= 0.3 is 0 Å². The minimum atomic E-state index is 0.000509. The van der Waals surface area contributed by atoms with E-state index < -0.39 is 0 Å². The number of nitrogens with two attached hydrogens (primary N) is 1. The van der Waals surface area contributed by atoms with Gasteiger partial charge in [-0.1, -0.05) is 33.6 Å². The Balaban J connectivity index is 2.87. The molecule has 2 unspecified atom stereocenters. The molecule has 1 heterocycles. The smallest absolute Gasteiger partial charge is 0.161 e. The predicted molar refractivity (Wildman–Crippen MR) is 74.7 cm³/mol. The average Bonchev–Trinajstić information content (AvgIpc) is 2.78. The highest BCUT2D eigenvalue weighted by atomic mass is 16.5. The zero-order valence-corrected chi connectivity index (χ0v) is 12.1. The van der Waals surface area contributed by atoms with Crippen molar-refractivity contribution in [3.05, 3.63) is 11.9 Å². The molecule has 104 valence electrons. The molecule has 0 amide bonds. The van der Waals surface area contributed by atoms with Crippen LogP contribution in [0.4, 0.5) is 0 Å². The molecule has 4 heteroatoms. The molecule has 2 atom stereocenters. The summed E-state index contributed by atoms with van der Waals surface area (Å²) in [4.78, 5) is 0. The first-order chi connectivity index (χ1) is 8.65. The second-order valence-electron chi connectivity index (χ2n) is 4.97. The summed E-state index contributed by atoms with van der Waals surface area (Å²) in [7, 11) is 1.68. The van der Waals surface area contributed by atoms with E-state index in [1.165, 1.54) is 12.8 Å². The number of hydrogen-bond acceptors (Lipinski definition) is 3. The van der Waals surface area contributed by atoms with Crippen LogP contribution in [-0.4, -0.2) is 16.9 Å². The van der Waals surface area contributed by atoms with Crippen LogP contribution in [0, 0.1) is 5.92 Å². The molecular weight excluding hydrogens is 226 g/mol. The highest BCUT2D eigenvalue weighted by Gasteiger charge is 2.23. The monoisotopic (exact) mass is 253 g/mol. The minimum absolute atomic E-state index is 0.000509. The van der Waals surface area contributed by atoms with Gasteiger partial charge in [0.1, 0.15) is 0 Å². The minimum Gasteiger partial charge on any atom is -0.493 e. The fourth-order valence-electron chi connectivity index (χ4n) is 2.24. The lowest BCUT2D eigenvalue weighted by Gasteiger charge is -2.21. The highest BCUT2D eigenvalue weighted by Crippen LogP contribution is 2.30. The van der Waals surface area contributed by atoms with Crippen LogP contribution in [0.5, 0.6) is 5.75 Å². The molecule has 0 bridgehead atoms. The molecule has 0 saturated heterocycles. The summed E-state index contributed by atoms with van der Waals surface area (Å²) < 4.78 is 7.38.